The summed E-state index contributed by atoms with van der Waals surface area (Å²) in [7, 11) is 0. The average molecular weight is 288 g/mol. The summed E-state index contributed by atoms with van der Waals surface area (Å²) >= 11 is 7.13. The summed E-state index contributed by atoms with van der Waals surface area (Å²) in [4.78, 5) is 4.25. The number of halogens is 4. The Kier molecular flexibility index (Phi) is 6.22. The molecule has 0 unspecified atom stereocenters. The molecule has 0 bridgehead atoms. The number of unbranched alkanes of at least 4 members (excludes halogenated alkanes) is 1. The second kappa shape index (κ2) is 7.18. The number of aryl methyl sites for hydroxylation is 1. The van der Waals surface area contributed by atoms with Gasteiger partial charge in [-0.05, 0) is 19.3 Å². The molecule has 0 spiro atoms. The maximum absolute atomic E-state index is 11.7. The summed E-state index contributed by atoms with van der Waals surface area (Å²) in [6.07, 6.45) is -2.10. The van der Waals surface area contributed by atoms with Crippen LogP contribution in [0.5, 0.6) is 0 Å². The maximum Gasteiger partial charge on any atom is 0.411 e. The van der Waals surface area contributed by atoms with Gasteiger partial charge in [0.2, 0.25) is 0 Å². The number of hydrogen-bond acceptors (Lipinski definition) is 3. The SMILES string of the molecule is FC(F)(F)COCCCCc1nc(CCl)cs1. The van der Waals surface area contributed by atoms with Gasteiger partial charge in [0.25, 0.3) is 0 Å². The van der Waals surface area contributed by atoms with Gasteiger partial charge in [-0.15, -0.1) is 22.9 Å². The summed E-state index contributed by atoms with van der Waals surface area (Å²) in [5.74, 6) is 0.394. The molecule has 0 atom stereocenters. The van der Waals surface area contributed by atoms with Gasteiger partial charge in [-0.25, -0.2) is 4.98 Å². The largest absolute Gasteiger partial charge is 0.411 e. The molecule has 0 saturated carbocycles. The molecule has 0 aromatic carbocycles. The number of hydrogen-bond donors (Lipinski definition) is 0. The molecule has 1 aromatic heterocycles. The lowest BCUT2D eigenvalue weighted by atomic mass is 10.2. The van der Waals surface area contributed by atoms with E-state index >= 15 is 0 Å². The van der Waals surface area contributed by atoms with Crippen molar-refractivity contribution >= 4 is 22.9 Å². The molecule has 0 aliphatic heterocycles. The summed E-state index contributed by atoms with van der Waals surface area (Å²) < 4.78 is 39.7. The zero-order valence-corrected chi connectivity index (χ0v) is 10.7. The number of rotatable bonds is 7. The molecule has 0 radical (unpaired) electrons. The van der Waals surface area contributed by atoms with E-state index in [4.69, 9.17) is 11.6 Å². The molecule has 0 saturated heterocycles. The molecular weight excluding hydrogens is 275 g/mol. The Hall–Kier alpha value is -0.330. The standard InChI is InChI=1S/C10H13ClF3NOS/c11-5-8-6-17-9(15-8)3-1-2-4-16-7-10(12,13)14/h6H,1-5,7H2. The zero-order chi connectivity index (χ0) is 12.7. The third-order valence-electron chi connectivity index (χ3n) is 1.93. The smallest absolute Gasteiger partial charge is 0.372 e. The Morgan fingerprint density at radius 1 is 1.35 bits per heavy atom. The van der Waals surface area contributed by atoms with Crippen molar-refractivity contribution < 1.29 is 17.9 Å². The number of thiazole rings is 1. The van der Waals surface area contributed by atoms with Crippen molar-refractivity contribution in [2.45, 2.75) is 31.3 Å². The van der Waals surface area contributed by atoms with E-state index in [1.807, 2.05) is 5.38 Å². The van der Waals surface area contributed by atoms with Gasteiger partial charge >= 0.3 is 6.18 Å². The van der Waals surface area contributed by atoms with Crippen LogP contribution >= 0.6 is 22.9 Å². The van der Waals surface area contributed by atoms with E-state index in [9.17, 15) is 13.2 Å². The van der Waals surface area contributed by atoms with Crippen molar-refractivity contribution in [3.8, 4) is 0 Å². The van der Waals surface area contributed by atoms with E-state index in [1.165, 1.54) is 11.3 Å². The first-order valence-electron chi connectivity index (χ1n) is 5.15. The van der Waals surface area contributed by atoms with E-state index in [0.29, 0.717) is 12.3 Å². The van der Waals surface area contributed by atoms with Crippen LogP contribution in [-0.2, 0) is 17.0 Å². The highest BCUT2D eigenvalue weighted by Crippen LogP contribution is 2.16. The third-order valence-corrected chi connectivity index (χ3v) is 3.16. The van der Waals surface area contributed by atoms with Gasteiger partial charge < -0.3 is 4.74 Å². The summed E-state index contributed by atoms with van der Waals surface area (Å²) in [6, 6.07) is 0. The third kappa shape index (κ3) is 6.85. The molecule has 7 heteroatoms. The Morgan fingerprint density at radius 2 is 2.12 bits per heavy atom. The van der Waals surface area contributed by atoms with Crippen LogP contribution in [0.15, 0.2) is 5.38 Å². The van der Waals surface area contributed by atoms with Gasteiger partial charge in [-0.3, -0.25) is 0 Å². The van der Waals surface area contributed by atoms with Crippen LogP contribution in [0.1, 0.15) is 23.5 Å². The molecule has 0 amide bonds. The zero-order valence-electron chi connectivity index (χ0n) is 9.10. The minimum atomic E-state index is -4.23. The van der Waals surface area contributed by atoms with Crippen molar-refractivity contribution in [3.05, 3.63) is 16.1 Å². The van der Waals surface area contributed by atoms with Gasteiger partial charge in [0.05, 0.1) is 16.6 Å². The van der Waals surface area contributed by atoms with E-state index in [0.717, 1.165) is 23.5 Å². The monoisotopic (exact) mass is 287 g/mol. The lowest BCUT2D eigenvalue weighted by Crippen LogP contribution is -2.17. The van der Waals surface area contributed by atoms with Crippen LogP contribution in [0.25, 0.3) is 0 Å². The quantitative estimate of drug-likeness (QED) is 0.562. The second-order valence-corrected chi connectivity index (χ2v) is 4.70. The molecule has 0 aliphatic rings. The van der Waals surface area contributed by atoms with Crippen molar-refractivity contribution in [2.75, 3.05) is 13.2 Å². The fraction of sp³-hybridized carbons (Fsp3) is 0.700. The maximum atomic E-state index is 11.7. The van der Waals surface area contributed by atoms with Crippen LogP contribution in [0, 0.1) is 0 Å². The number of aromatic nitrogens is 1. The van der Waals surface area contributed by atoms with Crippen LogP contribution in [-0.4, -0.2) is 24.4 Å². The Morgan fingerprint density at radius 3 is 2.71 bits per heavy atom. The molecule has 0 fully saturated rings. The van der Waals surface area contributed by atoms with Gasteiger partial charge in [0, 0.05) is 12.0 Å². The highest BCUT2D eigenvalue weighted by atomic mass is 35.5. The Labute approximate surface area is 107 Å². The van der Waals surface area contributed by atoms with Gasteiger partial charge in [0.15, 0.2) is 0 Å². The van der Waals surface area contributed by atoms with Crippen molar-refractivity contribution in [1.29, 1.82) is 0 Å². The van der Waals surface area contributed by atoms with Crippen molar-refractivity contribution in [3.63, 3.8) is 0 Å². The Balaban J connectivity index is 2.04. The number of ether oxygens (including phenoxy) is 1. The van der Waals surface area contributed by atoms with Crippen LogP contribution < -0.4 is 0 Å². The predicted octanol–water partition coefficient (Wildman–Crippen LogP) is 3.78. The topological polar surface area (TPSA) is 22.1 Å². The Bertz CT molecular complexity index is 330. The predicted molar refractivity (Wildman–Crippen MR) is 61.5 cm³/mol. The van der Waals surface area contributed by atoms with Crippen molar-refractivity contribution in [1.82, 2.24) is 4.98 Å². The normalized spacial score (nSPS) is 12.0. The van der Waals surface area contributed by atoms with Gasteiger partial charge in [-0.2, -0.15) is 13.2 Å². The molecule has 0 aliphatic carbocycles. The van der Waals surface area contributed by atoms with E-state index in [2.05, 4.69) is 9.72 Å². The highest BCUT2D eigenvalue weighted by Gasteiger charge is 2.27. The van der Waals surface area contributed by atoms with Gasteiger partial charge in [-0.1, -0.05) is 0 Å². The molecular formula is C10H13ClF3NOS. The fourth-order valence-corrected chi connectivity index (χ4v) is 2.26. The fourth-order valence-electron chi connectivity index (χ4n) is 1.19. The van der Waals surface area contributed by atoms with E-state index in [-0.39, 0.29) is 6.61 Å². The molecule has 1 rings (SSSR count). The van der Waals surface area contributed by atoms with Gasteiger partial charge in [0.1, 0.15) is 6.61 Å². The minimum absolute atomic E-state index is 0.132. The average Bonchev–Trinajstić information content (AvgIpc) is 2.69. The first-order valence-corrected chi connectivity index (χ1v) is 6.56. The molecule has 2 nitrogen and oxygen atoms in total. The summed E-state index contributed by atoms with van der Waals surface area (Å²) in [6.45, 7) is -1.03. The number of alkyl halides is 4. The summed E-state index contributed by atoms with van der Waals surface area (Å²) in [5.41, 5.74) is 0.847. The lowest BCUT2D eigenvalue weighted by molar-refractivity contribution is -0.174. The van der Waals surface area contributed by atoms with Crippen LogP contribution in [0.3, 0.4) is 0 Å². The highest BCUT2D eigenvalue weighted by molar-refractivity contribution is 7.09. The first kappa shape index (κ1) is 14.7. The lowest BCUT2D eigenvalue weighted by Gasteiger charge is -2.06. The molecule has 0 N–H and O–H groups in total. The minimum Gasteiger partial charge on any atom is -0.372 e. The molecule has 98 valence electrons. The molecule has 1 aromatic rings. The van der Waals surface area contributed by atoms with E-state index < -0.39 is 12.8 Å². The van der Waals surface area contributed by atoms with Crippen molar-refractivity contribution in [2.24, 2.45) is 0 Å². The molecule has 1 heterocycles. The van der Waals surface area contributed by atoms with E-state index in [1.54, 1.807) is 0 Å². The second-order valence-electron chi connectivity index (χ2n) is 3.49. The van der Waals surface area contributed by atoms with Crippen LogP contribution in [0.2, 0.25) is 0 Å². The van der Waals surface area contributed by atoms with Crippen LogP contribution in [0.4, 0.5) is 13.2 Å². The first-order chi connectivity index (χ1) is 8.01. The molecule has 17 heavy (non-hydrogen) atoms. The summed E-state index contributed by atoms with van der Waals surface area (Å²) in [5, 5.41) is 2.86. The number of nitrogens with zero attached hydrogens (tertiary/aromatic N) is 1.